The number of aromatic amines is 1. The molecule has 1 atom stereocenters. The van der Waals surface area contributed by atoms with Crippen molar-refractivity contribution in [3.63, 3.8) is 0 Å². The SMILES string of the molecule is C=CCc1ccc2[nH]c3c(c2c1)CCCC3NCCc1ccc(Cl)cc1. The van der Waals surface area contributed by atoms with E-state index in [1.807, 2.05) is 18.2 Å². The van der Waals surface area contributed by atoms with E-state index in [4.69, 9.17) is 11.6 Å². The van der Waals surface area contributed by atoms with Crippen LogP contribution in [0.4, 0.5) is 0 Å². The monoisotopic (exact) mass is 364 g/mol. The van der Waals surface area contributed by atoms with Crippen molar-refractivity contribution in [1.82, 2.24) is 10.3 Å². The van der Waals surface area contributed by atoms with Gasteiger partial charge in [-0.25, -0.2) is 0 Å². The van der Waals surface area contributed by atoms with E-state index >= 15 is 0 Å². The number of hydrogen-bond acceptors (Lipinski definition) is 1. The minimum Gasteiger partial charge on any atom is -0.357 e. The lowest BCUT2D eigenvalue weighted by Gasteiger charge is -2.24. The molecule has 0 saturated heterocycles. The van der Waals surface area contributed by atoms with Crippen LogP contribution in [0.15, 0.2) is 55.1 Å². The number of aromatic nitrogens is 1. The molecule has 0 aliphatic heterocycles. The molecule has 0 spiro atoms. The van der Waals surface area contributed by atoms with Crippen molar-refractivity contribution in [2.24, 2.45) is 0 Å². The van der Waals surface area contributed by atoms with Gasteiger partial charge in [0, 0.05) is 27.7 Å². The summed E-state index contributed by atoms with van der Waals surface area (Å²) >= 11 is 5.97. The highest BCUT2D eigenvalue weighted by Gasteiger charge is 2.23. The van der Waals surface area contributed by atoms with Gasteiger partial charge < -0.3 is 10.3 Å². The summed E-state index contributed by atoms with van der Waals surface area (Å²) in [6.07, 6.45) is 7.53. The highest BCUT2D eigenvalue weighted by Crippen LogP contribution is 2.35. The number of benzene rings is 2. The molecule has 4 rings (SSSR count). The van der Waals surface area contributed by atoms with E-state index in [0.717, 1.165) is 24.4 Å². The van der Waals surface area contributed by atoms with Gasteiger partial charge in [-0.15, -0.1) is 6.58 Å². The lowest BCUT2D eigenvalue weighted by Crippen LogP contribution is -2.27. The number of hydrogen-bond donors (Lipinski definition) is 2. The fraction of sp³-hybridized carbons (Fsp3) is 0.304. The molecule has 3 aromatic rings. The van der Waals surface area contributed by atoms with Crippen LogP contribution in [-0.4, -0.2) is 11.5 Å². The molecule has 1 aromatic heterocycles. The van der Waals surface area contributed by atoms with Gasteiger partial charge in [0.15, 0.2) is 0 Å². The normalized spacial score (nSPS) is 16.6. The molecule has 0 radical (unpaired) electrons. The Labute approximate surface area is 160 Å². The average molecular weight is 365 g/mol. The number of allylic oxidation sites excluding steroid dienone is 1. The molecule has 1 heterocycles. The summed E-state index contributed by atoms with van der Waals surface area (Å²) < 4.78 is 0. The van der Waals surface area contributed by atoms with Crippen LogP contribution in [0.2, 0.25) is 5.02 Å². The maximum atomic E-state index is 5.97. The number of H-pyrrole nitrogens is 1. The van der Waals surface area contributed by atoms with Crippen LogP contribution in [0, 0.1) is 0 Å². The highest BCUT2D eigenvalue weighted by atomic mass is 35.5. The van der Waals surface area contributed by atoms with Crippen LogP contribution in [0.25, 0.3) is 10.9 Å². The highest BCUT2D eigenvalue weighted by molar-refractivity contribution is 6.30. The molecule has 1 unspecified atom stereocenters. The fourth-order valence-corrected chi connectivity index (χ4v) is 4.18. The summed E-state index contributed by atoms with van der Waals surface area (Å²) in [7, 11) is 0. The van der Waals surface area contributed by atoms with Crippen molar-refractivity contribution in [2.45, 2.75) is 38.1 Å². The molecule has 0 bridgehead atoms. The third-order valence-corrected chi connectivity index (χ3v) is 5.62. The van der Waals surface area contributed by atoms with E-state index in [-0.39, 0.29) is 0 Å². The lowest BCUT2D eigenvalue weighted by atomic mass is 9.91. The first kappa shape index (κ1) is 17.4. The predicted molar refractivity (Wildman–Crippen MR) is 111 cm³/mol. The van der Waals surface area contributed by atoms with Crippen LogP contribution >= 0.6 is 11.6 Å². The van der Waals surface area contributed by atoms with Crippen LogP contribution in [0.1, 0.15) is 41.3 Å². The molecule has 0 saturated carbocycles. The number of nitrogens with one attached hydrogen (secondary N) is 2. The zero-order valence-corrected chi connectivity index (χ0v) is 15.8. The molecule has 0 amide bonds. The molecule has 0 fully saturated rings. The Balaban J connectivity index is 1.50. The van der Waals surface area contributed by atoms with E-state index in [2.05, 4.69) is 47.2 Å². The molecule has 26 heavy (non-hydrogen) atoms. The second-order valence-corrected chi connectivity index (χ2v) is 7.60. The van der Waals surface area contributed by atoms with Crippen molar-refractivity contribution in [3.8, 4) is 0 Å². The van der Waals surface area contributed by atoms with E-state index in [9.17, 15) is 0 Å². The molecule has 1 aliphatic carbocycles. The molecular weight excluding hydrogens is 340 g/mol. The summed E-state index contributed by atoms with van der Waals surface area (Å²) in [4.78, 5) is 3.69. The first-order valence-electron chi connectivity index (χ1n) is 9.46. The number of fused-ring (bicyclic) bond motifs is 3. The molecule has 134 valence electrons. The Morgan fingerprint density at radius 2 is 1.96 bits per heavy atom. The van der Waals surface area contributed by atoms with E-state index in [1.165, 1.54) is 52.5 Å². The summed E-state index contributed by atoms with van der Waals surface area (Å²) in [6.45, 7) is 4.84. The average Bonchev–Trinajstić information content (AvgIpc) is 3.03. The van der Waals surface area contributed by atoms with E-state index < -0.39 is 0 Å². The molecule has 1 aliphatic rings. The smallest absolute Gasteiger partial charge is 0.0476 e. The van der Waals surface area contributed by atoms with Gasteiger partial charge in [-0.1, -0.05) is 35.9 Å². The summed E-state index contributed by atoms with van der Waals surface area (Å²) in [5.41, 5.74) is 6.81. The van der Waals surface area contributed by atoms with Crippen LogP contribution in [0.3, 0.4) is 0 Å². The van der Waals surface area contributed by atoms with Crippen molar-refractivity contribution < 1.29 is 0 Å². The molecular formula is C23H25ClN2. The Morgan fingerprint density at radius 3 is 2.77 bits per heavy atom. The van der Waals surface area contributed by atoms with Gasteiger partial charge in [-0.05, 0) is 79.6 Å². The first-order chi connectivity index (χ1) is 12.7. The zero-order valence-electron chi connectivity index (χ0n) is 15.0. The second-order valence-electron chi connectivity index (χ2n) is 7.17. The fourth-order valence-electron chi connectivity index (χ4n) is 4.05. The van der Waals surface area contributed by atoms with E-state index in [1.54, 1.807) is 0 Å². The lowest BCUT2D eigenvalue weighted by molar-refractivity contribution is 0.456. The van der Waals surface area contributed by atoms with Gasteiger partial charge in [0.1, 0.15) is 0 Å². The van der Waals surface area contributed by atoms with Crippen LogP contribution in [-0.2, 0) is 19.3 Å². The number of rotatable bonds is 6. The maximum absolute atomic E-state index is 5.97. The van der Waals surface area contributed by atoms with Crippen LogP contribution in [0.5, 0.6) is 0 Å². The largest absolute Gasteiger partial charge is 0.357 e. The van der Waals surface area contributed by atoms with Crippen molar-refractivity contribution in [2.75, 3.05) is 6.54 Å². The maximum Gasteiger partial charge on any atom is 0.0476 e. The predicted octanol–water partition coefficient (Wildman–Crippen LogP) is 5.76. The van der Waals surface area contributed by atoms with Gasteiger partial charge in [0.25, 0.3) is 0 Å². The Morgan fingerprint density at radius 1 is 1.15 bits per heavy atom. The second kappa shape index (κ2) is 7.69. The first-order valence-corrected chi connectivity index (χ1v) is 9.84. The van der Waals surface area contributed by atoms with Gasteiger partial charge in [0.05, 0.1) is 0 Å². The topological polar surface area (TPSA) is 27.8 Å². The van der Waals surface area contributed by atoms with Crippen LogP contribution < -0.4 is 5.32 Å². The molecule has 2 N–H and O–H groups in total. The zero-order chi connectivity index (χ0) is 17.9. The van der Waals surface area contributed by atoms with Gasteiger partial charge in [-0.2, -0.15) is 0 Å². The van der Waals surface area contributed by atoms with Crippen molar-refractivity contribution >= 4 is 22.5 Å². The van der Waals surface area contributed by atoms with Gasteiger partial charge in [-0.3, -0.25) is 0 Å². The molecule has 2 nitrogen and oxygen atoms in total. The Hall–Kier alpha value is -2.03. The van der Waals surface area contributed by atoms with E-state index in [0.29, 0.717) is 6.04 Å². The third kappa shape index (κ3) is 3.58. The van der Waals surface area contributed by atoms with Crippen molar-refractivity contribution in [1.29, 1.82) is 0 Å². The standard InChI is InChI=1S/C23H25ClN2/c1-2-4-17-9-12-21-20(15-17)19-5-3-6-22(23(19)26-21)25-14-13-16-7-10-18(24)11-8-16/h2,7-12,15,22,25-26H,1,3-6,13-14H2. The number of aryl methyl sites for hydroxylation is 1. The Bertz CT molecular complexity index is 908. The molecule has 3 heteroatoms. The minimum absolute atomic E-state index is 0.418. The van der Waals surface area contributed by atoms with Crippen molar-refractivity contribution in [3.05, 3.63) is 82.5 Å². The summed E-state index contributed by atoms with van der Waals surface area (Å²) in [6, 6.07) is 15.3. The minimum atomic E-state index is 0.418. The Kier molecular flexibility index (Phi) is 5.14. The number of halogens is 1. The van der Waals surface area contributed by atoms with Gasteiger partial charge >= 0.3 is 0 Å². The quantitative estimate of drug-likeness (QED) is 0.535. The molecule has 2 aromatic carbocycles. The van der Waals surface area contributed by atoms with Gasteiger partial charge in [0.2, 0.25) is 0 Å². The summed E-state index contributed by atoms with van der Waals surface area (Å²) in [5, 5.41) is 5.95. The third-order valence-electron chi connectivity index (χ3n) is 5.37. The summed E-state index contributed by atoms with van der Waals surface area (Å²) in [5.74, 6) is 0.